The van der Waals surface area contributed by atoms with Gasteiger partial charge < -0.3 is 19.5 Å². The van der Waals surface area contributed by atoms with Gasteiger partial charge in [0.15, 0.2) is 6.10 Å². The molecule has 27 heavy (non-hydrogen) atoms. The van der Waals surface area contributed by atoms with Crippen LogP contribution in [0.1, 0.15) is 11.3 Å². The molecule has 0 saturated carbocycles. The van der Waals surface area contributed by atoms with Gasteiger partial charge in [-0.05, 0) is 35.9 Å². The molecule has 1 saturated heterocycles. The number of pyridine rings is 1. The van der Waals surface area contributed by atoms with Gasteiger partial charge in [0.05, 0.1) is 18.8 Å². The molecule has 1 atom stereocenters. The number of rotatable bonds is 6. The molecule has 0 bridgehead atoms. The van der Waals surface area contributed by atoms with Crippen molar-refractivity contribution in [3.05, 3.63) is 66.0 Å². The van der Waals surface area contributed by atoms with Crippen LogP contribution >= 0.6 is 0 Å². The summed E-state index contributed by atoms with van der Waals surface area (Å²) in [4.78, 5) is 28.9. The largest absolute Gasteiger partial charge is 0.487 e. The molecule has 2 heterocycles. The first-order chi connectivity index (χ1) is 13.1. The molecular formula is C20H20N2O5. The van der Waals surface area contributed by atoms with Crippen LogP contribution in [-0.4, -0.2) is 52.7 Å². The van der Waals surface area contributed by atoms with E-state index in [2.05, 4.69) is 4.98 Å². The van der Waals surface area contributed by atoms with Crippen molar-refractivity contribution in [2.75, 3.05) is 19.7 Å². The van der Waals surface area contributed by atoms with E-state index in [1.54, 1.807) is 12.3 Å². The molecule has 1 aromatic heterocycles. The Morgan fingerprint density at radius 2 is 2.07 bits per heavy atom. The number of carbonyl (C=O) groups excluding carboxylic acids is 1. The Labute approximate surface area is 156 Å². The number of amides is 1. The van der Waals surface area contributed by atoms with Crippen LogP contribution in [0.4, 0.5) is 0 Å². The summed E-state index contributed by atoms with van der Waals surface area (Å²) in [5, 5.41) is 8.99. The zero-order valence-corrected chi connectivity index (χ0v) is 14.7. The zero-order chi connectivity index (χ0) is 19.1. The first kappa shape index (κ1) is 18.6. The van der Waals surface area contributed by atoms with Crippen molar-refractivity contribution < 1.29 is 24.2 Å². The summed E-state index contributed by atoms with van der Waals surface area (Å²) >= 11 is 0. The Morgan fingerprint density at radius 1 is 1.26 bits per heavy atom. The normalized spacial score (nSPS) is 17.0. The van der Waals surface area contributed by atoms with Crippen LogP contribution in [0.3, 0.4) is 0 Å². The van der Waals surface area contributed by atoms with E-state index in [9.17, 15) is 9.59 Å². The maximum absolute atomic E-state index is 12.2. The lowest BCUT2D eigenvalue weighted by molar-refractivity contribution is -0.158. The third-order valence-corrected chi connectivity index (χ3v) is 4.06. The number of hydrogen-bond acceptors (Lipinski definition) is 5. The predicted molar refractivity (Wildman–Crippen MR) is 98.0 cm³/mol. The molecule has 0 spiro atoms. The number of benzene rings is 1. The Balaban J connectivity index is 1.52. The molecule has 1 unspecified atom stereocenters. The second kappa shape index (κ2) is 8.95. The van der Waals surface area contributed by atoms with Crippen LogP contribution in [-0.2, 0) is 20.9 Å². The Kier molecular flexibility index (Phi) is 6.17. The summed E-state index contributed by atoms with van der Waals surface area (Å²) in [5.41, 5.74) is 1.69. The predicted octanol–water partition coefficient (Wildman–Crippen LogP) is 1.99. The monoisotopic (exact) mass is 368 g/mol. The van der Waals surface area contributed by atoms with Gasteiger partial charge in [0, 0.05) is 18.8 Å². The van der Waals surface area contributed by atoms with Crippen molar-refractivity contribution in [2.45, 2.75) is 12.7 Å². The first-order valence-corrected chi connectivity index (χ1v) is 8.56. The van der Waals surface area contributed by atoms with Crippen LogP contribution in [0.15, 0.2) is 54.7 Å². The first-order valence-electron chi connectivity index (χ1n) is 8.56. The molecule has 0 radical (unpaired) electrons. The van der Waals surface area contributed by atoms with Gasteiger partial charge in [-0.1, -0.05) is 18.2 Å². The zero-order valence-electron chi connectivity index (χ0n) is 14.7. The van der Waals surface area contributed by atoms with Gasteiger partial charge >= 0.3 is 5.97 Å². The number of ether oxygens (including phenoxy) is 2. The third kappa shape index (κ3) is 5.39. The van der Waals surface area contributed by atoms with Crippen molar-refractivity contribution in [1.29, 1.82) is 0 Å². The van der Waals surface area contributed by atoms with E-state index in [0.717, 1.165) is 11.3 Å². The summed E-state index contributed by atoms with van der Waals surface area (Å²) < 4.78 is 10.8. The van der Waals surface area contributed by atoms with Crippen molar-refractivity contribution in [2.24, 2.45) is 0 Å². The van der Waals surface area contributed by atoms with E-state index in [1.807, 2.05) is 42.5 Å². The molecule has 1 aromatic carbocycles. The lowest BCUT2D eigenvalue weighted by atomic mass is 10.2. The van der Waals surface area contributed by atoms with Gasteiger partial charge in [-0.2, -0.15) is 0 Å². The SMILES string of the molecule is O=C(O)C1CN(C(=O)C=Cc2ccc(OCc3ccccn3)cc2)CCO1. The molecule has 1 N–H and O–H groups in total. The third-order valence-electron chi connectivity index (χ3n) is 4.06. The molecule has 7 heteroatoms. The minimum atomic E-state index is -1.06. The molecule has 1 aliphatic heterocycles. The Hall–Kier alpha value is -3.19. The molecule has 3 rings (SSSR count). The minimum Gasteiger partial charge on any atom is -0.487 e. The molecule has 140 valence electrons. The topological polar surface area (TPSA) is 89.0 Å². The molecule has 2 aromatic rings. The van der Waals surface area contributed by atoms with Gasteiger partial charge in [-0.15, -0.1) is 0 Å². The quantitative estimate of drug-likeness (QED) is 0.785. The van der Waals surface area contributed by atoms with Crippen molar-refractivity contribution in [3.8, 4) is 5.75 Å². The lowest BCUT2D eigenvalue weighted by Gasteiger charge is -2.30. The van der Waals surface area contributed by atoms with Gasteiger partial charge in [0.25, 0.3) is 0 Å². The number of carbonyl (C=O) groups is 2. The standard InChI is InChI=1S/C20H20N2O5/c23-19(22-11-12-26-18(13-22)20(24)25)9-6-15-4-7-17(8-5-15)27-14-16-3-1-2-10-21-16/h1-10,18H,11-14H2,(H,24,25). The second-order valence-corrected chi connectivity index (χ2v) is 5.99. The number of nitrogens with zero attached hydrogens (tertiary/aromatic N) is 2. The number of carboxylic acids is 1. The second-order valence-electron chi connectivity index (χ2n) is 5.99. The Bertz CT molecular complexity index is 805. The van der Waals surface area contributed by atoms with Crippen LogP contribution in [0.5, 0.6) is 5.75 Å². The summed E-state index contributed by atoms with van der Waals surface area (Å²) in [5.74, 6) is -0.584. The number of aromatic nitrogens is 1. The molecule has 0 aliphatic carbocycles. The fourth-order valence-corrected chi connectivity index (χ4v) is 2.59. The number of hydrogen-bond donors (Lipinski definition) is 1. The van der Waals surface area contributed by atoms with Crippen LogP contribution in [0.25, 0.3) is 6.08 Å². The van der Waals surface area contributed by atoms with Gasteiger partial charge in [-0.25, -0.2) is 4.79 Å². The average Bonchev–Trinajstić information content (AvgIpc) is 2.72. The number of aliphatic carboxylic acids is 1. The maximum atomic E-state index is 12.2. The Morgan fingerprint density at radius 3 is 2.78 bits per heavy atom. The highest BCUT2D eigenvalue weighted by Gasteiger charge is 2.27. The number of morpholine rings is 1. The van der Waals surface area contributed by atoms with E-state index in [0.29, 0.717) is 18.9 Å². The lowest BCUT2D eigenvalue weighted by Crippen LogP contribution is -2.48. The van der Waals surface area contributed by atoms with Gasteiger partial charge in [0.1, 0.15) is 12.4 Å². The van der Waals surface area contributed by atoms with Crippen LogP contribution in [0, 0.1) is 0 Å². The summed E-state index contributed by atoms with van der Waals surface area (Å²) in [6.07, 6.45) is 3.88. The van der Waals surface area contributed by atoms with E-state index in [4.69, 9.17) is 14.6 Å². The van der Waals surface area contributed by atoms with Gasteiger partial charge in [0.2, 0.25) is 5.91 Å². The van der Waals surface area contributed by atoms with Crippen molar-refractivity contribution in [1.82, 2.24) is 9.88 Å². The minimum absolute atomic E-state index is 0.0544. The molecule has 1 aliphatic rings. The van der Waals surface area contributed by atoms with Gasteiger partial charge in [-0.3, -0.25) is 9.78 Å². The van der Waals surface area contributed by atoms with E-state index >= 15 is 0 Å². The van der Waals surface area contributed by atoms with Crippen LogP contribution in [0.2, 0.25) is 0 Å². The summed E-state index contributed by atoms with van der Waals surface area (Å²) in [6.45, 7) is 1.04. The van der Waals surface area contributed by atoms with E-state index in [1.165, 1.54) is 11.0 Å². The molecule has 7 nitrogen and oxygen atoms in total. The molecular weight excluding hydrogens is 348 g/mol. The van der Waals surface area contributed by atoms with E-state index in [-0.39, 0.29) is 19.1 Å². The fraction of sp³-hybridized carbons (Fsp3) is 0.250. The highest BCUT2D eigenvalue weighted by molar-refractivity contribution is 5.92. The fourth-order valence-electron chi connectivity index (χ4n) is 2.59. The summed E-state index contributed by atoms with van der Waals surface area (Å²) in [7, 11) is 0. The molecule has 1 fully saturated rings. The van der Waals surface area contributed by atoms with Crippen molar-refractivity contribution in [3.63, 3.8) is 0 Å². The number of carboxylic acid groups (broad SMARTS) is 1. The summed E-state index contributed by atoms with van der Waals surface area (Å²) in [6, 6.07) is 13.0. The maximum Gasteiger partial charge on any atom is 0.334 e. The van der Waals surface area contributed by atoms with E-state index < -0.39 is 12.1 Å². The smallest absolute Gasteiger partial charge is 0.334 e. The highest BCUT2D eigenvalue weighted by Crippen LogP contribution is 2.15. The average molecular weight is 368 g/mol. The van der Waals surface area contributed by atoms with Crippen molar-refractivity contribution >= 4 is 18.0 Å². The van der Waals surface area contributed by atoms with Crippen LogP contribution < -0.4 is 4.74 Å². The highest BCUT2D eigenvalue weighted by atomic mass is 16.5. The molecule has 1 amide bonds.